The van der Waals surface area contributed by atoms with E-state index in [1.807, 2.05) is 50.4 Å². The molecule has 0 amide bonds. The van der Waals surface area contributed by atoms with Gasteiger partial charge in [-0.15, -0.1) is 0 Å². The van der Waals surface area contributed by atoms with E-state index in [0.717, 1.165) is 27.9 Å². The van der Waals surface area contributed by atoms with Crippen LogP contribution in [0.2, 0.25) is 0 Å². The van der Waals surface area contributed by atoms with Crippen LogP contribution in [0, 0.1) is 13.8 Å². The topological polar surface area (TPSA) is 112 Å². The Morgan fingerprint density at radius 1 is 1.00 bits per heavy atom. The predicted molar refractivity (Wildman–Crippen MR) is 126 cm³/mol. The van der Waals surface area contributed by atoms with Crippen molar-refractivity contribution < 1.29 is 8.42 Å². The molecular formula is C23H24N6O2S. The molecule has 0 atom stereocenters. The van der Waals surface area contributed by atoms with Crippen LogP contribution in [0.3, 0.4) is 0 Å². The van der Waals surface area contributed by atoms with E-state index < -0.39 is 10.0 Å². The highest BCUT2D eigenvalue weighted by Crippen LogP contribution is 2.18. The molecule has 8 nitrogen and oxygen atoms in total. The first-order valence-electron chi connectivity index (χ1n) is 10.2. The lowest BCUT2D eigenvalue weighted by atomic mass is 10.1. The van der Waals surface area contributed by atoms with Gasteiger partial charge in [0.05, 0.1) is 4.90 Å². The van der Waals surface area contributed by atoms with Crippen molar-refractivity contribution in [1.29, 1.82) is 0 Å². The summed E-state index contributed by atoms with van der Waals surface area (Å²) in [7, 11) is -3.82. The van der Waals surface area contributed by atoms with Crippen LogP contribution in [0.15, 0.2) is 76.7 Å². The van der Waals surface area contributed by atoms with Gasteiger partial charge >= 0.3 is 0 Å². The maximum absolute atomic E-state index is 12.9. The van der Waals surface area contributed by atoms with E-state index in [-0.39, 0.29) is 16.8 Å². The fraction of sp³-hybridized carbons (Fsp3) is 0.174. The number of nitrogens with one attached hydrogen (secondary N) is 3. The number of hydrogen-bond donors (Lipinski definition) is 3. The number of para-hydroxylation sites is 1. The van der Waals surface area contributed by atoms with Gasteiger partial charge in [0.2, 0.25) is 11.9 Å². The summed E-state index contributed by atoms with van der Waals surface area (Å²) in [5, 5.41) is 4.06. The minimum atomic E-state index is -3.82. The maximum Gasteiger partial charge on any atom is 0.264 e. The average molecular weight is 449 g/mol. The SMILES string of the molecule is Cc1cc(C)nc(NC(=NCCc2c[nH]c3ccccc23)NS(=O)(=O)c2ccccc2)n1. The molecule has 3 N–H and O–H groups in total. The van der Waals surface area contributed by atoms with Crippen molar-refractivity contribution in [2.45, 2.75) is 25.2 Å². The standard InChI is InChI=1S/C23H24N6O2S/c1-16-14-17(2)27-23(26-16)28-22(29-32(30,31)19-8-4-3-5-9-19)24-13-12-18-15-25-21-11-7-6-10-20(18)21/h3-11,14-15,25H,12-13H2,1-2H3,(H2,24,26,27,28,29). The van der Waals surface area contributed by atoms with Gasteiger partial charge in [0.1, 0.15) is 0 Å². The number of H-pyrrole nitrogens is 1. The highest BCUT2D eigenvalue weighted by molar-refractivity contribution is 7.90. The molecule has 4 rings (SSSR count). The fourth-order valence-corrected chi connectivity index (χ4v) is 4.40. The zero-order valence-corrected chi connectivity index (χ0v) is 18.6. The Bertz CT molecular complexity index is 1340. The van der Waals surface area contributed by atoms with E-state index in [0.29, 0.717) is 13.0 Å². The summed E-state index contributed by atoms with van der Waals surface area (Å²) in [5.74, 6) is 0.350. The molecule has 0 unspecified atom stereocenters. The molecule has 4 aromatic rings. The van der Waals surface area contributed by atoms with Crippen LogP contribution in [0.25, 0.3) is 10.9 Å². The Hall–Kier alpha value is -3.72. The molecule has 9 heteroatoms. The fourth-order valence-electron chi connectivity index (χ4n) is 3.40. The number of fused-ring (bicyclic) bond motifs is 1. The largest absolute Gasteiger partial charge is 0.361 e. The van der Waals surface area contributed by atoms with Crippen LogP contribution in [-0.4, -0.2) is 35.9 Å². The summed E-state index contributed by atoms with van der Waals surface area (Å²) in [6.45, 7) is 4.07. The van der Waals surface area contributed by atoms with Crippen molar-refractivity contribution in [3.05, 3.63) is 83.8 Å². The number of rotatable bonds is 6. The number of nitrogens with zero attached hydrogens (tertiary/aromatic N) is 3. The Kier molecular flexibility index (Phi) is 6.18. The van der Waals surface area contributed by atoms with E-state index >= 15 is 0 Å². The van der Waals surface area contributed by atoms with Gasteiger partial charge < -0.3 is 4.98 Å². The van der Waals surface area contributed by atoms with Crippen molar-refractivity contribution in [2.75, 3.05) is 11.9 Å². The molecule has 0 bridgehead atoms. The first kappa shape index (κ1) is 21.5. The number of aromatic amines is 1. The highest BCUT2D eigenvalue weighted by Gasteiger charge is 2.17. The smallest absolute Gasteiger partial charge is 0.264 e. The van der Waals surface area contributed by atoms with Crippen LogP contribution in [-0.2, 0) is 16.4 Å². The molecule has 0 aliphatic carbocycles. The lowest BCUT2D eigenvalue weighted by molar-refractivity contribution is 0.592. The average Bonchev–Trinajstić information content (AvgIpc) is 3.16. The van der Waals surface area contributed by atoms with E-state index in [4.69, 9.17) is 0 Å². The molecule has 0 aliphatic rings. The molecule has 0 aliphatic heterocycles. The van der Waals surface area contributed by atoms with Gasteiger partial charge in [0, 0.05) is 35.0 Å². The van der Waals surface area contributed by atoms with Gasteiger partial charge in [-0.25, -0.2) is 23.1 Å². The monoisotopic (exact) mass is 448 g/mol. The second-order valence-corrected chi connectivity index (χ2v) is 9.04. The molecule has 0 fully saturated rings. The minimum Gasteiger partial charge on any atom is -0.361 e. The third kappa shape index (κ3) is 5.12. The summed E-state index contributed by atoms with van der Waals surface area (Å²) in [6, 6.07) is 18.0. The molecule has 164 valence electrons. The summed E-state index contributed by atoms with van der Waals surface area (Å²) < 4.78 is 28.2. The third-order valence-electron chi connectivity index (χ3n) is 4.82. The zero-order chi connectivity index (χ0) is 22.6. The number of aromatic nitrogens is 3. The Morgan fingerprint density at radius 3 is 2.44 bits per heavy atom. The minimum absolute atomic E-state index is 0.0682. The van der Waals surface area contributed by atoms with E-state index in [2.05, 4.69) is 30.0 Å². The summed E-state index contributed by atoms with van der Waals surface area (Å²) in [5.41, 5.74) is 3.70. The quantitative estimate of drug-likeness (QED) is 0.308. The highest BCUT2D eigenvalue weighted by atomic mass is 32.2. The Morgan fingerprint density at radius 2 is 1.69 bits per heavy atom. The van der Waals surface area contributed by atoms with Crippen molar-refractivity contribution in [3.63, 3.8) is 0 Å². The molecule has 0 radical (unpaired) electrons. The molecular weight excluding hydrogens is 424 g/mol. The lowest BCUT2D eigenvalue weighted by Crippen LogP contribution is -2.36. The number of aryl methyl sites for hydroxylation is 2. The van der Waals surface area contributed by atoms with Crippen molar-refractivity contribution >= 4 is 32.8 Å². The number of guanidine groups is 1. The van der Waals surface area contributed by atoms with Crippen LogP contribution in [0.5, 0.6) is 0 Å². The van der Waals surface area contributed by atoms with Gasteiger partial charge in [0.25, 0.3) is 10.0 Å². The second-order valence-electron chi connectivity index (χ2n) is 7.36. The molecule has 2 aromatic heterocycles. The number of sulfonamides is 1. The zero-order valence-electron chi connectivity index (χ0n) is 17.8. The first-order chi connectivity index (χ1) is 15.4. The first-order valence-corrected chi connectivity index (χ1v) is 11.7. The number of hydrogen-bond acceptors (Lipinski definition) is 5. The van der Waals surface area contributed by atoms with Crippen LogP contribution in [0.4, 0.5) is 5.95 Å². The molecule has 0 spiro atoms. The van der Waals surface area contributed by atoms with Crippen LogP contribution >= 0.6 is 0 Å². The molecule has 2 aromatic carbocycles. The number of anilines is 1. The van der Waals surface area contributed by atoms with E-state index in [9.17, 15) is 8.42 Å². The number of aliphatic imine (C=N–C) groups is 1. The number of benzene rings is 2. The lowest BCUT2D eigenvalue weighted by Gasteiger charge is -2.13. The maximum atomic E-state index is 12.9. The molecule has 32 heavy (non-hydrogen) atoms. The summed E-state index contributed by atoms with van der Waals surface area (Å²) >= 11 is 0. The van der Waals surface area contributed by atoms with Crippen molar-refractivity contribution in [2.24, 2.45) is 4.99 Å². The molecule has 0 saturated heterocycles. The van der Waals surface area contributed by atoms with Crippen LogP contribution in [0.1, 0.15) is 17.0 Å². The van der Waals surface area contributed by atoms with Gasteiger partial charge in [-0.2, -0.15) is 0 Å². The van der Waals surface area contributed by atoms with Crippen molar-refractivity contribution in [3.8, 4) is 0 Å². The van der Waals surface area contributed by atoms with Gasteiger partial charge in [-0.1, -0.05) is 36.4 Å². The molecule has 0 saturated carbocycles. The summed E-state index contributed by atoms with van der Waals surface area (Å²) in [4.78, 5) is 16.5. The van der Waals surface area contributed by atoms with Crippen LogP contribution < -0.4 is 10.0 Å². The Labute approximate surface area is 186 Å². The van der Waals surface area contributed by atoms with Gasteiger partial charge in [-0.3, -0.25) is 10.3 Å². The van der Waals surface area contributed by atoms with E-state index in [1.165, 1.54) is 12.1 Å². The van der Waals surface area contributed by atoms with Crippen molar-refractivity contribution in [1.82, 2.24) is 19.7 Å². The van der Waals surface area contributed by atoms with Gasteiger partial charge in [-0.05, 0) is 50.1 Å². The molecule has 2 heterocycles. The second kappa shape index (κ2) is 9.19. The van der Waals surface area contributed by atoms with Gasteiger partial charge in [0.15, 0.2) is 0 Å². The predicted octanol–water partition coefficient (Wildman–Crippen LogP) is 3.56. The Balaban J connectivity index is 1.58. The summed E-state index contributed by atoms with van der Waals surface area (Å²) in [6.07, 6.45) is 2.59. The third-order valence-corrected chi connectivity index (χ3v) is 6.18. The van der Waals surface area contributed by atoms with E-state index in [1.54, 1.807) is 18.2 Å². The normalized spacial score (nSPS) is 12.1.